The van der Waals surface area contributed by atoms with E-state index in [4.69, 9.17) is 5.73 Å². The van der Waals surface area contributed by atoms with Crippen LogP contribution in [-0.2, 0) is 12.0 Å². The lowest BCUT2D eigenvalue weighted by Gasteiger charge is -2.34. The Bertz CT molecular complexity index is 377. The molecule has 1 aromatic heterocycles. The largest absolute Gasteiger partial charge is 0.329 e. The Kier molecular flexibility index (Phi) is 4.07. The molecule has 4 nitrogen and oxygen atoms in total. The van der Waals surface area contributed by atoms with Crippen molar-refractivity contribution >= 4 is 0 Å². The molecule has 3 N–H and O–H groups in total. The number of rotatable bonds is 3. The van der Waals surface area contributed by atoms with Crippen LogP contribution in [0.3, 0.4) is 0 Å². The van der Waals surface area contributed by atoms with Gasteiger partial charge in [-0.2, -0.15) is 5.10 Å². The lowest BCUT2D eigenvalue weighted by atomic mass is 9.92. The van der Waals surface area contributed by atoms with Gasteiger partial charge >= 0.3 is 0 Å². The first-order chi connectivity index (χ1) is 8.50. The van der Waals surface area contributed by atoms with Crippen LogP contribution in [0.4, 0.5) is 0 Å². The van der Waals surface area contributed by atoms with Crippen molar-refractivity contribution < 1.29 is 0 Å². The number of aromatic amines is 1. The van der Waals surface area contributed by atoms with Gasteiger partial charge in [-0.1, -0.05) is 27.2 Å². The Morgan fingerprint density at radius 3 is 2.83 bits per heavy atom. The fourth-order valence-electron chi connectivity index (χ4n) is 2.58. The number of nitrogens with two attached hydrogens (primary N) is 1. The normalized spacial score (nSPS) is 22.3. The standard InChI is InChI=1S/C14H26N4/c1-14(2,3)13-8-11(16-17-13)10-18-7-5-4-6-12(18)9-15/h8,12H,4-7,9-10,15H2,1-3H3,(H,16,17). The zero-order chi connectivity index (χ0) is 13.2. The summed E-state index contributed by atoms with van der Waals surface area (Å²) in [5, 5.41) is 7.59. The number of aromatic nitrogens is 2. The van der Waals surface area contributed by atoms with Crippen LogP contribution in [0, 0.1) is 0 Å². The molecule has 1 aliphatic rings. The maximum atomic E-state index is 5.85. The molecule has 0 spiro atoms. The Morgan fingerprint density at radius 1 is 1.44 bits per heavy atom. The minimum atomic E-state index is 0.115. The number of hydrogen-bond acceptors (Lipinski definition) is 3. The maximum absolute atomic E-state index is 5.85. The van der Waals surface area contributed by atoms with Crippen molar-refractivity contribution in [1.82, 2.24) is 15.1 Å². The molecule has 0 aliphatic carbocycles. The molecule has 1 aromatic rings. The molecular weight excluding hydrogens is 224 g/mol. The molecule has 4 heteroatoms. The number of piperidine rings is 1. The van der Waals surface area contributed by atoms with Gasteiger partial charge in [0.2, 0.25) is 0 Å². The lowest BCUT2D eigenvalue weighted by Crippen LogP contribution is -2.43. The Balaban J connectivity index is 2.02. The Morgan fingerprint density at radius 2 is 2.22 bits per heavy atom. The van der Waals surface area contributed by atoms with Gasteiger partial charge in [0.15, 0.2) is 0 Å². The highest BCUT2D eigenvalue weighted by Crippen LogP contribution is 2.22. The summed E-state index contributed by atoms with van der Waals surface area (Å²) in [4.78, 5) is 2.49. The minimum absolute atomic E-state index is 0.115. The van der Waals surface area contributed by atoms with E-state index >= 15 is 0 Å². The van der Waals surface area contributed by atoms with E-state index in [1.807, 2.05) is 0 Å². The second-order valence-corrected chi connectivity index (χ2v) is 6.38. The van der Waals surface area contributed by atoms with Crippen LogP contribution in [0.1, 0.15) is 51.4 Å². The second-order valence-electron chi connectivity index (χ2n) is 6.38. The van der Waals surface area contributed by atoms with Gasteiger partial charge in [-0.25, -0.2) is 0 Å². The van der Waals surface area contributed by atoms with Gasteiger partial charge in [-0.05, 0) is 25.5 Å². The van der Waals surface area contributed by atoms with Crippen LogP contribution < -0.4 is 5.73 Å². The van der Waals surface area contributed by atoms with Crippen LogP contribution in [0.15, 0.2) is 6.07 Å². The first kappa shape index (κ1) is 13.6. The van der Waals surface area contributed by atoms with Gasteiger partial charge in [-0.3, -0.25) is 10.00 Å². The van der Waals surface area contributed by atoms with Crippen molar-refractivity contribution in [2.75, 3.05) is 13.1 Å². The van der Waals surface area contributed by atoms with Crippen molar-refractivity contribution in [2.45, 2.75) is 58.0 Å². The fraction of sp³-hybridized carbons (Fsp3) is 0.786. The molecule has 18 heavy (non-hydrogen) atoms. The average Bonchev–Trinajstić information content (AvgIpc) is 2.78. The molecule has 2 heterocycles. The topological polar surface area (TPSA) is 57.9 Å². The van der Waals surface area contributed by atoms with E-state index in [2.05, 4.69) is 41.9 Å². The molecule has 1 saturated heterocycles. The highest BCUT2D eigenvalue weighted by Gasteiger charge is 2.23. The predicted octanol–water partition coefficient (Wildman–Crippen LogP) is 2.02. The van der Waals surface area contributed by atoms with Crippen molar-refractivity contribution in [3.05, 3.63) is 17.5 Å². The molecule has 1 atom stereocenters. The molecule has 0 aromatic carbocycles. The molecule has 0 bridgehead atoms. The summed E-state index contributed by atoms with van der Waals surface area (Å²) >= 11 is 0. The van der Waals surface area contributed by atoms with E-state index in [9.17, 15) is 0 Å². The van der Waals surface area contributed by atoms with E-state index in [1.165, 1.54) is 25.0 Å². The molecule has 2 rings (SSSR count). The summed E-state index contributed by atoms with van der Waals surface area (Å²) in [6, 6.07) is 2.74. The van der Waals surface area contributed by atoms with E-state index in [0.717, 1.165) is 25.3 Å². The van der Waals surface area contributed by atoms with Crippen molar-refractivity contribution in [1.29, 1.82) is 0 Å². The molecule has 0 radical (unpaired) electrons. The smallest absolute Gasteiger partial charge is 0.0678 e. The first-order valence-corrected chi connectivity index (χ1v) is 6.99. The molecule has 102 valence electrons. The number of hydrogen-bond donors (Lipinski definition) is 2. The van der Waals surface area contributed by atoms with Gasteiger partial charge in [0.25, 0.3) is 0 Å². The predicted molar refractivity (Wildman–Crippen MR) is 74.4 cm³/mol. The summed E-state index contributed by atoms with van der Waals surface area (Å²) in [6.07, 6.45) is 3.84. The molecule has 1 fully saturated rings. The monoisotopic (exact) mass is 250 g/mol. The zero-order valence-electron chi connectivity index (χ0n) is 11.9. The highest BCUT2D eigenvalue weighted by molar-refractivity contribution is 5.16. The summed E-state index contributed by atoms with van der Waals surface area (Å²) in [7, 11) is 0. The fourth-order valence-corrected chi connectivity index (χ4v) is 2.58. The van der Waals surface area contributed by atoms with Crippen molar-refractivity contribution in [3.63, 3.8) is 0 Å². The van der Waals surface area contributed by atoms with E-state index < -0.39 is 0 Å². The summed E-state index contributed by atoms with van der Waals surface area (Å²) in [6.45, 7) is 9.44. The van der Waals surface area contributed by atoms with Crippen LogP contribution >= 0.6 is 0 Å². The van der Waals surface area contributed by atoms with Crippen LogP contribution in [0.25, 0.3) is 0 Å². The maximum Gasteiger partial charge on any atom is 0.0678 e. The first-order valence-electron chi connectivity index (χ1n) is 6.99. The van der Waals surface area contributed by atoms with Crippen molar-refractivity contribution in [3.8, 4) is 0 Å². The summed E-state index contributed by atoms with van der Waals surface area (Å²) < 4.78 is 0. The zero-order valence-corrected chi connectivity index (χ0v) is 11.9. The number of nitrogens with one attached hydrogen (secondary N) is 1. The van der Waals surface area contributed by atoms with Gasteiger partial charge in [0.1, 0.15) is 0 Å². The van der Waals surface area contributed by atoms with Gasteiger partial charge in [0.05, 0.1) is 5.69 Å². The third-order valence-corrected chi connectivity index (χ3v) is 3.79. The molecule has 0 saturated carbocycles. The molecule has 1 aliphatic heterocycles. The van der Waals surface area contributed by atoms with Crippen molar-refractivity contribution in [2.24, 2.45) is 5.73 Å². The highest BCUT2D eigenvalue weighted by atomic mass is 15.2. The lowest BCUT2D eigenvalue weighted by molar-refractivity contribution is 0.143. The van der Waals surface area contributed by atoms with Crippen LogP contribution in [-0.4, -0.2) is 34.2 Å². The van der Waals surface area contributed by atoms with E-state index in [0.29, 0.717) is 6.04 Å². The Hall–Kier alpha value is -0.870. The van der Waals surface area contributed by atoms with Gasteiger partial charge in [-0.15, -0.1) is 0 Å². The average molecular weight is 250 g/mol. The third-order valence-electron chi connectivity index (χ3n) is 3.79. The Labute approximate surface area is 110 Å². The van der Waals surface area contributed by atoms with E-state index in [1.54, 1.807) is 0 Å². The van der Waals surface area contributed by atoms with Gasteiger partial charge in [0, 0.05) is 30.2 Å². The summed E-state index contributed by atoms with van der Waals surface area (Å²) in [5.41, 5.74) is 8.32. The molecular formula is C14H26N4. The van der Waals surface area contributed by atoms with E-state index in [-0.39, 0.29) is 5.41 Å². The molecule has 1 unspecified atom stereocenters. The minimum Gasteiger partial charge on any atom is -0.329 e. The number of nitrogens with zero attached hydrogens (tertiary/aromatic N) is 2. The SMILES string of the molecule is CC(C)(C)c1cc(CN2CCCCC2CN)[nH]n1. The van der Waals surface area contributed by atoms with Crippen LogP contribution in [0.5, 0.6) is 0 Å². The number of likely N-dealkylation sites (tertiary alicyclic amines) is 1. The quantitative estimate of drug-likeness (QED) is 0.863. The van der Waals surface area contributed by atoms with Crippen LogP contribution in [0.2, 0.25) is 0 Å². The third kappa shape index (κ3) is 3.12. The molecule has 0 amide bonds. The second kappa shape index (κ2) is 5.41. The van der Waals surface area contributed by atoms with Gasteiger partial charge < -0.3 is 5.73 Å². The number of H-pyrrole nitrogens is 1. The summed E-state index contributed by atoms with van der Waals surface area (Å²) in [5.74, 6) is 0.